The van der Waals surface area contributed by atoms with Crippen LogP contribution in [0.3, 0.4) is 0 Å². The molecule has 0 atom stereocenters. The molecule has 128 valence electrons. The fourth-order valence-corrected chi connectivity index (χ4v) is 2.87. The lowest BCUT2D eigenvalue weighted by atomic mass is 10.1. The van der Waals surface area contributed by atoms with Gasteiger partial charge in [0.2, 0.25) is 5.75 Å². The monoisotopic (exact) mass is 323 g/mol. The van der Waals surface area contributed by atoms with E-state index in [2.05, 4.69) is 10.2 Å². The predicted octanol–water partition coefficient (Wildman–Crippen LogP) is 1.84. The first-order valence-electron chi connectivity index (χ1n) is 7.98. The van der Waals surface area contributed by atoms with Gasteiger partial charge in [0, 0.05) is 43.9 Å². The standard InChI is InChI=1S/C16H25N3O4/c1-22-15-12-16(23-2)14(19(20)21)11-13(15)5-3-4-8-18-9-6-17-7-10-18/h11-12,17H,3-10H2,1-2H3. The summed E-state index contributed by atoms with van der Waals surface area (Å²) in [5.74, 6) is 0.881. The largest absolute Gasteiger partial charge is 0.496 e. The second kappa shape index (κ2) is 8.69. The van der Waals surface area contributed by atoms with Gasteiger partial charge in [-0.1, -0.05) is 0 Å². The maximum absolute atomic E-state index is 11.1. The Morgan fingerprint density at radius 2 is 1.87 bits per heavy atom. The van der Waals surface area contributed by atoms with Crippen LogP contribution in [0.4, 0.5) is 5.69 Å². The zero-order valence-electron chi connectivity index (χ0n) is 13.8. The molecule has 23 heavy (non-hydrogen) atoms. The highest BCUT2D eigenvalue weighted by molar-refractivity contribution is 5.55. The molecule has 7 heteroatoms. The number of aryl methyl sites for hydroxylation is 1. The first-order valence-corrected chi connectivity index (χ1v) is 7.98. The van der Waals surface area contributed by atoms with Gasteiger partial charge in [-0.2, -0.15) is 0 Å². The SMILES string of the molecule is COc1cc(OC)c([N+](=O)[O-])cc1CCCCN1CCNCC1. The molecule has 1 fully saturated rings. The lowest BCUT2D eigenvalue weighted by Crippen LogP contribution is -2.43. The third kappa shape index (κ3) is 4.80. The molecule has 1 N–H and O–H groups in total. The van der Waals surface area contributed by atoms with Gasteiger partial charge in [-0.05, 0) is 25.8 Å². The molecule has 0 unspecified atom stereocenters. The summed E-state index contributed by atoms with van der Waals surface area (Å²) in [6.45, 7) is 5.37. The molecule has 0 radical (unpaired) electrons. The topological polar surface area (TPSA) is 76.9 Å². The molecule has 0 spiro atoms. The molecule has 1 aliphatic rings. The van der Waals surface area contributed by atoms with Gasteiger partial charge < -0.3 is 19.7 Å². The van der Waals surface area contributed by atoms with Crippen molar-refractivity contribution in [3.63, 3.8) is 0 Å². The van der Waals surface area contributed by atoms with E-state index >= 15 is 0 Å². The second-order valence-electron chi connectivity index (χ2n) is 5.64. The number of ether oxygens (including phenoxy) is 2. The van der Waals surface area contributed by atoms with Crippen LogP contribution in [0, 0.1) is 10.1 Å². The number of rotatable bonds is 8. The fourth-order valence-electron chi connectivity index (χ4n) is 2.87. The van der Waals surface area contributed by atoms with Crippen molar-refractivity contribution in [2.45, 2.75) is 19.3 Å². The molecule has 1 heterocycles. The summed E-state index contributed by atoms with van der Waals surface area (Å²) in [6.07, 6.45) is 2.81. The second-order valence-corrected chi connectivity index (χ2v) is 5.64. The summed E-state index contributed by atoms with van der Waals surface area (Å²) in [5.41, 5.74) is 0.853. The number of nitro groups is 1. The maximum Gasteiger partial charge on any atom is 0.311 e. The minimum Gasteiger partial charge on any atom is -0.496 e. The van der Waals surface area contributed by atoms with Gasteiger partial charge in [-0.3, -0.25) is 10.1 Å². The van der Waals surface area contributed by atoms with Crippen LogP contribution in [-0.4, -0.2) is 56.8 Å². The zero-order chi connectivity index (χ0) is 16.7. The molecule has 0 bridgehead atoms. The molecule has 1 aromatic carbocycles. The smallest absolute Gasteiger partial charge is 0.311 e. The number of nitro benzene ring substituents is 1. The Labute approximate surface area is 136 Å². The van der Waals surface area contributed by atoms with E-state index in [0.29, 0.717) is 5.75 Å². The van der Waals surface area contributed by atoms with E-state index in [-0.39, 0.29) is 11.4 Å². The number of unbranched alkanes of at least 4 members (excludes halogenated alkanes) is 1. The van der Waals surface area contributed by atoms with E-state index in [9.17, 15) is 10.1 Å². The molecule has 1 aliphatic heterocycles. The van der Waals surface area contributed by atoms with Crippen LogP contribution in [0.5, 0.6) is 11.5 Å². The molecular weight excluding hydrogens is 298 g/mol. The lowest BCUT2D eigenvalue weighted by Gasteiger charge is -2.27. The Kier molecular flexibility index (Phi) is 6.61. The van der Waals surface area contributed by atoms with Crippen molar-refractivity contribution in [2.75, 3.05) is 46.9 Å². The van der Waals surface area contributed by atoms with Crippen molar-refractivity contribution >= 4 is 5.69 Å². The molecule has 0 aliphatic carbocycles. The number of benzene rings is 1. The van der Waals surface area contributed by atoms with E-state index in [1.54, 1.807) is 19.2 Å². The van der Waals surface area contributed by atoms with Crippen LogP contribution in [0.2, 0.25) is 0 Å². The van der Waals surface area contributed by atoms with Crippen LogP contribution in [-0.2, 0) is 6.42 Å². The third-order valence-corrected chi connectivity index (χ3v) is 4.16. The molecule has 0 amide bonds. The summed E-state index contributed by atoms with van der Waals surface area (Å²) in [7, 11) is 3.00. The summed E-state index contributed by atoms with van der Waals surface area (Å²) >= 11 is 0. The average Bonchev–Trinajstić information content (AvgIpc) is 2.58. The van der Waals surface area contributed by atoms with Crippen molar-refractivity contribution < 1.29 is 14.4 Å². The Morgan fingerprint density at radius 3 is 2.48 bits per heavy atom. The van der Waals surface area contributed by atoms with Crippen molar-refractivity contribution in [1.29, 1.82) is 0 Å². The quantitative estimate of drug-likeness (QED) is 0.447. The maximum atomic E-state index is 11.1. The van der Waals surface area contributed by atoms with Gasteiger partial charge in [-0.25, -0.2) is 0 Å². The highest BCUT2D eigenvalue weighted by Crippen LogP contribution is 2.35. The number of nitrogens with zero attached hydrogens (tertiary/aromatic N) is 2. The van der Waals surface area contributed by atoms with Crippen molar-refractivity contribution in [1.82, 2.24) is 10.2 Å². The Hall–Kier alpha value is -1.86. The number of hydrogen-bond acceptors (Lipinski definition) is 6. The van der Waals surface area contributed by atoms with E-state index in [0.717, 1.165) is 57.5 Å². The summed E-state index contributed by atoms with van der Waals surface area (Å²) < 4.78 is 10.4. The van der Waals surface area contributed by atoms with Crippen molar-refractivity contribution in [3.8, 4) is 11.5 Å². The number of methoxy groups -OCH3 is 2. The highest BCUT2D eigenvalue weighted by Gasteiger charge is 2.19. The number of piperazine rings is 1. The Balaban J connectivity index is 1.95. The van der Waals surface area contributed by atoms with E-state index < -0.39 is 4.92 Å². The number of nitrogens with one attached hydrogen (secondary N) is 1. The van der Waals surface area contributed by atoms with Gasteiger partial charge in [-0.15, -0.1) is 0 Å². The van der Waals surface area contributed by atoms with Crippen LogP contribution >= 0.6 is 0 Å². The predicted molar refractivity (Wildman–Crippen MR) is 88.4 cm³/mol. The van der Waals surface area contributed by atoms with Gasteiger partial charge in [0.25, 0.3) is 0 Å². The average molecular weight is 323 g/mol. The van der Waals surface area contributed by atoms with E-state index in [1.165, 1.54) is 7.11 Å². The fraction of sp³-hybridized carbons (Fsp3) is 0.625. The summed E-state index contributed by atoms with van der Waals surface area (Å²) in [5, 5.41) is 14.5. The first kappa shape index (κ1) is 17.5. The molecule has 7 nitrogen and oxygen atoms in total. The van der Waals surface area contributed by atoms with Crippen LogP contribution in [0.25, 0.3) is 0 Å². The lowest BCUT2D eigenvalue weighted by molar-refractivity contribution is -0.385. The molecule has 2 rings (SSSR count). The Morgan fingerprint density at radius 1 is 1.17 bits per heavy atom. The van der Waals surface area contributed by atoms with Gasteiger partial charge in [0.15, 0.2) is 0 Å². The van der Waals surface area contributed by atoms with E-state index in [4.69, 9.17) is 9.47 Å². The third-order valence-electron chi connectivity index (χ3n) is 4.16. The Bertz CT molecular complexity index is 530. The minimum absolute atomic E-state index is 0.00888. The molecular formula is C16H25N3O4. The molecule has 0 aromatic heterocycles. The molecule has 0 saturated carbocycles. The van der Waals surface area contributed by atoms with Crippen LogP contribution in [0.1, 0.15) is 18.4 Å². The van der Waals surface area contributed by atoms with Gasteiger partial charge >= 0.3 is 5.69 Å². The van der Waals surface area contributed by atoms with Crippen molar-refractivity contribution in [2.24, 2.45) is 0 Å². The van der Waals surface area contributed by atoms with Crippen molar-refractivity contribution in [3.05, 3.63) is 27.8 Å². The van der Waals surface area contributed by atoms with Crippen LogP contribution in [0.15, 0.2) is 12.1 Å². The van der Waals surface area contributed by atoms with Gasteiger partial charge in [0.05, 0.1) is 19.1 Å². The zero-order valence-corrected chi connectivity index (χ0v) is 13.8. The molecule has 1 saturated heterocycles. The first-order chi connectivity index (χ1) is 11.2. The summed E-state index contributed by atoms with van der Waals surface area (Å²) in [6, 6.07) is 3.17. The highest BCUT2D eigenvalue weighted by atomic mass is 16.6. The normalized spacial score (nSPS) is 15.4. The number of hydrogen-bond donors (Lipinski definition) is 1. The van der Waals surface area contributed by atoms with E-state index in [1.807, 2.05) is 0 Å². The summed E-state index contributed by atoms with van der Waals surface area (Å²) in [4.78, 5) is 13.2. The van der Waals surface area contributed by atoms with Gasteiger partial charge in [0.1, 0.15) is 5.75 Å². The van der Waals surface area contributed by atoms with Crippen LogP contribution < -0.4 is 14.8 Å². The molecule has 1 aromatic rings. The minimum atomic E-state index is -0.414.